The number of ether oxygens (including phenoxy) is 2. The second-order valence-corrected chi connectivity index (χ2v) is 7.41. The number of nitrogens with zero attached hydrogens (tertiary/aromatic N) is 2. The number of benzene rings is 1. The van der Waals surface area contributed by atoms with Crippen molar-refractivity contribution in [3.05, 3.63) is 35.9 Å². The molecule has 0 aromatic heterocycles. The molecule has 0 saturated carbocycles. The number of morpholine rings is 1. The van der Waals surface area contributed by atoms with Crippen LogP contribution in [0.3, 0.4) is 0 Å². The van der Waals surface area contributed by atoms with E-state index < -0.39 is 0 Å². The predicted molar refractivity (Wildman–Crippen MR) is 95.2 cm³/mol. The van der Waals surface area contributed by atoms with E-state index in [1.54, 1.807) is 0 Å². The van der Waals surface area contributed by atoms with Gasteiger partial charge in [0.2, 0.25) is 5.91 Å². The van der Waals surface area contributed by atoms with Crippen LogP contribution in [0.5, 0.6) is 0 Å². The number of likely N-dealkylation sites (tertiary alicyclic amines) is 1. The molecule has 3 fully saturated rings. The van der Waals surface area contributed by atoms with Gasteiger partial charge >= 0.3 is 0 Å². The van der Waals surface area contributed by atoms with Gasteiger partial charge in [0.1, 0.15) is 0 Å². The molecule has 136 valence electrons. The predicted octanol–water partition coefficient (Wildman–Crippen LogP) is 2.06. The lowest BCUT2D eigenvalue weighted by Crippen LogP contribution is -2.50. The van der Waals surface area contributed by atoms with Crippen molar-refractivity contribution in [2.75, 3.05) is 32.8 Å². The highest BCUT2D eigenvalue weighted by molar-refractivity contribution is 5.76. The smallest absolute Gasteiger partial charge is 0.222 e. The van der Waals surface area contributed by atoms with Gasteiger partial charge in [0.05, 0.1) is 24.9 Å². The molecule has 3 aliphatic rings. The molecule has 1 amide bonds. The van der Waals surface area contributed by atoms with E-state index in [2.05, 4.69) is 35.2 Å². The molecule has 0 N–H and O–H groups in total. The van der Waals surface area contributed by atoms with Crippen LogP contribution in [0.4, 0.5) is 0 Å². The summed E-state index contributed by atoms with van der Waals surface area (Å²) in [5, 5.41) is 0. The summed E-state index contributed by atoms with van der Waals surface area (Å²) < 4.78 is 11.6. The molecular weight excluding hydrogens is 316 g/mol. The molecule has 3 saturated heterocycles. The monoisotopic (exact) mass is 344 g/mol. The lowest BCUT2D eigenvalue weighted by atomic mass is 10.1. The number of fused-ring (bicyclic) bond motifs is 1. The van der Waals surface area contributed by atoms with Crippen LogP contribution in [-0.2, 0) is 20.8 Å². The average molecular weight is 344 g/mol. The fourth-order valence-electron chi connectivity index (χ4n) is 4.29. The summed E-state index contributed by atoms with van der Waals surface area (Å²) in [4.78, 5) is 17.1. The summed E-state index contributed by atoms with van der Waals surface area (Å²) in [6.07, 6.45) is 4.15. The van der Waals surface area contributed by atoms with E-state index >= 15 is 0 Å². The maximum atomic E-state index is 12.6. The van der Waals surface area contributed by atoms with Crippen molar-refractivity contribution in [3.63, 3.8) is 0 Å². The van der Waals surface area contributed by atoms with Gasteiger partial charge in [-0.2, -0.15) is 0 Å². The van der Waals surface area contributed by atoms with Gasteiger partial charge in [0.15, 0.2) is 0 Å². The van der Waals surface area contributed by atoms with E-state index in [4.69, 9.17) is 9.47 Å². The van der Waals surface area contributed by atoms with Gasteiger partial charge in [-0.1, -0.05) is 30.3 Å². The molecule has 3 heterocycles. The zero-order valence-electron chi connectivity index (χ0n) is 14.8. The Labute approximate surface area is 149 Å². The number of carbonyl (C=O) groups is 1. The van der Waals surface area contributed by atoms with E-state index in [0.29, 0.717) is 18.6 Å². The molecule has 0 unspecified atom stereocenters. The highest BCUT2D eigenvalue weighted by Crippen LogP contribution is 2.26. The number of hydrogen-bond donors (Lipinski definition) is 0. The van der Waals surface area contributed by atoms with Crippen molar-refractivity contribution >= 4 is 5.91 Å². The second kappa shape index (κ2) is 7.85. The summed E-state index contributed by atoms with van der Waals surface area (Å²) in [5.74, 6) is 0.258. The normalized spacial score (nSPS) is 29.8. The molecule has 25 heavy (non-hydrogen) atoms. The third-order valence-corrected chi connectivity index (χ3v) is 5.70. The Morgan fingerprint density at radius 1 is 1.12 bits per heavy atom. The summed E-state index contributed by atoms with van der Waals surface area (Å²) in [5.41, 5.74) is 1.33. The van der Waals surface area contributed by atoms with E-state index in [1.807, 2.05) is 4.90 Å². The Bertz CT molecular complexity index is 574. The minimum Gasteiger partial charge on any atom is -0.378 e. The number of carbonyl (C=O) groups excluding carboxylic acids is 1. The number of hydrogen-bond acceptors (Lipinski definition) is 4. The second-order valence-electron chi connectivity index (χ2n) is 7.41. The van der Waals surface area contributed by atoms with E-state index in [-0.39, 0.29) is 12.0 Å². The average Bonchev–Trinajstić information content (AvgIpc) is 3.30. The van der Waals surface area contributed by atoms with Crippen LogP contribution in [-0.4, -0.2) is 66.8 Å². The van der Waals surface area contributed by atoms with E-state index in [9.17, 15) is 4.79 Å². The minimum atomic E-state index is 0.157. The standard InChI is InChI=1S/C20H28N2O3/c23-20(9-8-17-7-4-11-24-17)22-14-18-19(15-22)25-12-10-21(18)13-16-5-2-1-3-6-16/h1-3,5-6,17-19H,4,7-15H2/t17-,18+,19-/m0/s1. The quantitative estimate of drug-likeness (QED) is 0.820. The lowest BCUT2D eigenvalue weighted by molar-refractivity contribution is -0.131. The lowest BCUT2D eigenvalue weighted by Gasteiger charge is -2.36. The van der Waals surface area contributed by atoms with Gasteiger partial charge in [0, 0.05) is 39.2 Å². The van der Waals surface area contributed by atoms with Gasteiger partial charge in [-0.25, -0.2) is 0 Å². The van der Waals surface area contributed by atoms with E-state index in [1.165, 1.54) is 5.56 Å². The molecule has 3 aliphatic heterocycles. The van der Waals surface area contributed by atoms with E-state index in [0.717, 1.165) is 58.7 Å². The van der Waals surface area contributed by atoms with Gasteiger partial charge in [0.25, 0.3) is 0 Å². The zero-order chi connectivity index (χ0) is 17.1. The molecular formula is C20H28N2O3. The fraction of sp³-hybridized carbons (Fsp3) is 0.650. The Kier molecular flexibility index (Phi) is 5.34. The first-order chi connectivity index (χ1) is 12.3. The molecule has 3 atom stereocenters. The summed E-state index contributed by atoms with van der Waals surface area (Å²) in [6.45, 7) is 5.01. The first-order valence-electron chi connectivity index (χ1n) is 9.58. The van der Waals surface area contributed by atoms with Crippen LogP contribution < -0.4 is 0 Å². The molecule has 1 aromatic rings. The van der Waals surface area contributed by atoms with Crippen LogP contribution in [0.25, 0.3) is 0 Å². The maximum Gasteiger partial charge on any atom is 0.222 e. The molecule has 1 aromatic carbocycles. The van der Waals surface area contributed by atoms with Crippen molar-refractivity contribution in [2.24, 2.45) is 0 Å². The van der Waals surface area contributed by atoms with Crippen molar-refractivity contribution in [1.29, 1.82) is 0 Å². The minimum absolute atomic E-state index is 0.157. The van der Waals surface area contributed by atoms with Crippen LogP contribution in [0.15, 0.2) is 30.3 Å². The van der Waals surface area contributed by atoms with Crippen molar-refractivity contribution in [1.82, 2.24) is 9.80 Å². The largest absolute Gasteiger partial charge is 0.378 e. The third-order valence-electron chi connectivity index (χ3n) is 5.70. The molecule has 0 aliphatic carbocycles. The summed E-state index contributed by atoms with van der Waals surface area (Å²) in [7, 11) is 0. The Morgan fingerprint density at radius 2 is 2.00 bits per heavy atom. The molecule has 0 radical (unpaired) electrons. The molecule has 4 rings (SSSR count). The Hall–Kier alpha value is -1.43. The molecule has 0 spiro atoms. The third kappa shape index (κ3) is 4.05. The van der Waals surface area contributed by atoms with Crippen molar-refractivity contribution < 1.29 is 14.3 Å². The van der Waals surface area contributed by atoms with Gasteiger partial charge in [-0.15, -0.1) is 0 Å². The Balaban J connectivity index is 1.32. The van der Waals surface area contributed by atoms with Crippen molar-refractivity contribution in [3.8, 4) is 0 Å². The Morgan fingerprint density at radius 3 is 2.80 bits per heavy atom. The summed E-state index contributed by atoms with van der Waals surface area (Å²) >= 11 is 0. The highest BCUT2D eigenvalue weighted by atomic mass is 16.5. The summed E-state index contributed by atoms with van der Waals surface area (Å²) in [6, 6.07) is 10.9. The first kappa shape index (κ1) is 17.0. The van der Waals surface area contributed by atoms with Crippen molar-refractivity contribution in [2.45, 2.75) is 50.5 Å². The maximum absolute atomic E-state index is 12.6. The SMILES string of the molecule is O=C(CC[C@@H]1CCCO1)N1C[C@@H]2OCCN(Cc3ccccc3)[C@@H]2C1. The van der Waals surface area contributed by atoms with Gasteiger partial charge in [-0.05, 0) is 24.8 Å². The van der Waals surface area contributed by atoms with Crippen LogP contribution >= 0.6 is 0 Å². The molecule has 5 nitrogen and oxygen atoms in total. The zero-order valence-corrected chi connectivity index (χ0v) is 14.8. The van der Waals surface area contributed by atoms with Gasteiger partial charge < -0.3 is 14.4 Å². The number of rotatable bonds is 5. The highest BCUT2D eigenvalue weighted by Gasteiger charge is 2.41. The molecule has 0 bridgehead atoms. The van der Waals surface area contributed by atoms with Gasteiger partial charge in [-0.3, -0.25) is 9.69 Å². The number of amides is 1. The first-order valence-corrected chi connectivity index (χ1v) is 9.58. The topological polar surface area (TPSA) is 42.0 Å². The van der Waals surface area contributed by atoms with Crippen LogP contribution in [0.1, 0.15) is 31.2 Å². The van der Waals surface area contributed by atoms with Crippen LogP contribution in [0, 0.1) is 0 Å². The molecule has 5 heteroatoms. The fourth-order valence-corrected chi connectivity index (χ4v) is 4.29. The van der Waals surface area contributed by atoms with Crippen LogP contribution in [0.2, 0.25) is 0 Å².